The SMILES string of the molecule is COc1ccc(-c2cc3nccn3c(Oc3cccc(Br)c3)n2)cc1OC. The van der Waals surface area contributed by atoms with Gasteiger partial charge in [0.25, 0.3) is 0 Å². The highest BCUT2D eigenvalue weighted by atomic mass is 79.9. The summed E-state index contributed by atoms with van der Waals surface area (Å²) in [5, 5.41) is 0. The van der Waals surface area contributed by atoms with Crippen molar-refractivity contribution < 1.29 is 14.2 Å². The van der Waals surface area contributed by atoms with Crippen LogP contribution in [-0.4, -0.2) is 28.6 Å². The molecule has 0 atom stereocenters. The van der Waals surface area contributed by atoms with Gasteiger partial charge in [0, 0.05) is 28.5 Å². The van der Waals surface area contributed by atoms with Gasteiger partial charge in [-0.2, -0.15) is 4.98 Å². The standard InChI is InChI=1S/C20H16BrN3O3/c1-25-17-7-6-13(10-18(17)26-2)16-12-19-22-8-9-24(19)20(23-16)27-15-5-3-4-14(21)11-15/h3-12H,1-2H3. The van der Waals surface area contributed by atoms with Crippen molar-refractivity contribution in [2.24, 2.45) is 0 Å². The second-order valence-corrected chi connectivity index (χ2v) is 6.62. The van der Waals surface area contributed by atoms with Gasteiger partial charge in [0.1, 0.15) is 11.4 Å². The van der Waals surface area contributed by atoms with Crippen LogP contribution in [0.15, 0.2) is 65.4 Å². The van der Waals surface area contributed by atoms with E-state index < -0.39 is 0 Å². The van der Waals surface area contributed by atoms with E-state index in [1.807, 2.05) is 54.7 Å². The number of hydrogen-bond acceptors (Lipinski definition) is 5. The summed E-state index contributed by atoms with van der Waals surface area (Å²) < 4.78 is 19.5. The average molecular weight is 426 g/mol. The Morgan fingerprint density at radius 1 is 0.963 bits per heavy atom. The minimum absolute atomic E-state index is 0.424. The highest BCUT2D eigenvalue weighted by molar-refractivity contribution is 9.10. The average Bonchev–Trinajstić information content (AvgIpc) is 3.16. The van der Waals surface area contributed by atoms with Gasteiger partial charge in [-0.25, -0.2) is 4.98 Å². The van der Waals surface area contributed by atoms with Crippen LogP contribution in [0.5, 0.6) is 23.3 Å². The van der Waals surface area contributed by atoms with Crippen molar-refractivity contribution in [3.63, 3.8) is 0 Å². The lowest BCUT2D eigenvalue weighted by Gasteiger charge is -2.12. The maximum Gasteiger partial charge on any atom is 0.308 e. The number of halogens is 1. The molecule has 0 saturated heterocycles. The monoisotopic (exact) mass is 425 g/mol. The van der Waals surface area contributed by atoms with Crippen molar-refractivity contribution in [2.45, 2.75) is 0 Å². The molecule has 0 bridgehead atoms. The van der Waals surface area contributed by atoms with Gasteiger partial charge in [0.2, 0.25) is 0 Å². The van der Waals surface area contributed by atoms with Crippen LogP contribution in [0.3, 0.4) is 0 Å². The molecule has 0 aliphatic rings. The summed E-state index contributed by atoms with van der Waals surface area (Å²) in [4.78, 5) is 9.07. The van der Waals surface area contributed by atoms with E-state index in [0.29, 0.717) is 23.3 Å². The first-order chi connectivity index (χ1) is 13.2. The molecular formula is C20H16BrN3O3. The van der Waals surface area contributed by atoms with E-state index in [1.165, 1.54) is 0 Å². The third-order valence-electron chi connectivity index (χ3n) is 4.04. The molecule has 4 rings (SSSR count). The predicted molar refractivity (Wildman–Crippen MR) is 106 cm³/mol. The first-order valence-electron chi connectivity index (χ1n) is 8.18. The molecule has 6 nitrogen and oxygen atoms in total. The minimum Gasteiger partial charge on any atom is -0.493 e. The molecule has 4 aromatic rings. The molecule has 0 N–H and O–H groups in total. The zero-order chi connectivity index (χ0) is 18.8. The van der Waals surface area contributed by atoms with Crippen molar-refractivity contribution >= 4 is 21.6 Å². The summed E-state index contributed by atoms with van der Waals surface area (Å²) in [6.07, 6.45) is 3.53. The van der Waals surface area contributed by atoms with Crippen molar-refractivity contribution in [2.75, 3.05) is 14.2 Å². The Morgan fingerprint density at radius 3 is 2.59 bits per heavy atom. The van der Waals surface area contributed by atoms with Gasteiger partial charge in [-0.15, -0.1) is 0 Å². The highest BCUT2D eigenvalue weighted by Crippen LogP contribution is 2.33. The number of imidazole rings is 1. The number of benzene rings is 2. The maximum absolute atomic E-state index is 6.02. The first kappa shape index (κ1) is 17.4. The fourth-order valence-corrected chi connectivity index (χ4v) is 3.12. The molecule has 0 unspecified atom stereocenters. The van der Waals surface area contributed by atoms with Crippen molar-refractivity contribution in [3.8, 4) is 34.5 Å². The van der Waals surface area contributed by atoms with Crippen molar-refractivity contribution in [1.82, 2.24) is 14.4 Å². The van der Waals surface area contributed by atoms with Crippen LogP contribution >= 0.6 is 15.9 Å². The largest absolute Gasteiger partial charge is 0.493 e. The summed E-state index contributed by atoms with van der Waals surface area (Å²) in [6, 6.07) is 15.6. The molecule has 0 aliphatic heterocycles. The first-order valence-corrected chi connectivity index (χ1v) is 8.97. The molecule has 2 aromatic carbocycles. The Balaban J connectivity index is 1.81. The van der Waals surface area contributed by atoms with Crippen LogP contribution in [0.1, 0.15) is 0 Å². The molecular weight excluding hydrogens is 410 g/mol. The van der Waals surface area contributed by atoms with Crippen LogP contribution in [0.2, 0.25) is 0 Å². The summed E-state index contributed by atoms with van der Waals surface area (Å²) in [5.74, 6) is 1.97. The Bertz CT molecular complexity index is 1110. The zero-order valence-electron chi connectivity index (χ0n) is 14.7. The van der Waals surface area contributed by atoms with E-state index in [-0.39, 0.29) is 0 Å². The summed E-state index contributed by atoms with van der Waals surface area (Å²) in [6.45, 7) is 0. The number of fused-ring (bicyclic) bond motifs is 1. The molecule has 0 amide bonds. The molecule has 7 heteroatoms. The van der Waals surface area contributed by atoms with Gasteiger partial charge in [0.05, 0.1) is 19.9 Å². The van der Waals surface area contributed by atoms with Crippen molar-refractivity contribution in [1.29, 1.82) is 0 Å². The number of hydrogen-bond donors (Lipinski definition) is 0. The van der Waals surface area contributed by atoms with Gasteiger partial charge >= 0.3 is 6.01 Å². The lowest BCUT2D eigenvalue weighted by Crippen LogP contribution is -1.99. The Morgan fingerprint density at radius 2 is 1.81 bits per heavy atom. The summed E-state index contributed by atoms with van der Waals surface area (Å²) >= 11 is 3.45. The van der Waals surface area contributed by atoms with E-state index in [9.17, 15) is 0 Å². The lowest BCUT2D eigenvalue weighted by atomic mass is 10.1. The fourth-order valence-electron chi connectivity index (χ4n) is 2.75. The topological polar surface area (TPSA) is 57.9 Å². The molecule has 27 heavy (non-hydrogen) atoms. The predicted octanol–water partition coefficient (Wildman–Crippen LogP) is 4.97. The lowest BCUT2D eigenvalue weighted by molar-refractivity contribution is 0.355. The quantitative estimate of drug-likeness (QED) is 0.451. The van der Waals surface area contributed by atoms with Crippen molar-refractivity contribution in [3.05, 3.63) is 65.4 Å². The smallest absolute Gasteiger partial charge is 0.308 e. The number of aromatic nitrogens is 3. The van der Waals surface area contributed by atoms with E-state index >= 15 is 0 Å². The maximum atomic E-state index is 6.02. The third-order valence-corrected chi connectivity index (χ3v) is 4.54. The molecule has 0 aliphatic carbocycles. The molecule has 136 valence electrons. The van der Waals surface area contributed by atoms with Gasteiger partial charge in [0.15, 0.2) is 11.5 Å². The Kier molecular flexibility index (Phi) is 4.68. The zero-order valence-corrected chi connectivity index (χ0v) is 16.3. The highest BCUT2D eigenvalue weighted by Gasteiger charge is 2.13. The number of nitrogens with zero attached hydrogens (tertiary/aromatic N) is 3. The number of rotatable bonds is 5. The normalized spacial score (nSPS) is 10.8. The van der Waals surface area contributed by atoms with Crippen LogP contribution in [0.4, 0.5) is 0 Å². The van der Waals surface area contributed by atoms with E-state index in [1.54, 1.807) is 24.8 Å². The van der Waals surface area contributed by atoms with Gasteiger partial charge in [-0.1, -0.05) is 22.0 Å². The molecule has 0 saturated carbocycles. The Hall–Kier alpha value is -3.06. The van der Waals surface area contributed by atoms with E-state index in [2.05, 4.69) is 25.9 Å². The number of ether oxygens (including phenoxy) is 3. The second kappa shape index (κ2) is 7.28. The summed E-state index contributed by atoms with van der Waals surface area (Å²) in [5.41, 5.74) is 2.33. The van der Waals surface area contributed by atoms with Crippen LogP contribution in [-0.2, 0) is 0 Å². The van der Waals surface area contributed by atoms with Gasteiger partial charge < -0.3 is 14.2 Å². The molecule has 0 radical (unpaired) electrons. The number of methoxy groups -OCH3 is 2. The second-order valence-electron chi connectivity index (χ2n) is 5.71. The third kappa shape index (κ3) is 3.46. The van der Waals surface area contributed by atoms with E-state index in [4.69, 9.17) is 14.2 Å². The molecule has 2 aromatic heterocycles. The van der Waals surface area contributed by atoms with Crippen LogP contribution in [0, 0.1) is 0 Å². The molecule has 0 fully saturated rings. The van der Waals surface area contributed by atoms with Gasteiger partial charge in [-0.05, 0) is 36.4 Å². The van der Waals surface area contributed by atoms with Gasteiger partial charge in [-0.3, -0.25) is 4.40 Å². The fraction of sp³-hybridized carbons (Fsp3) is 0.100. The van der Waals surface area contributed by atoms with Crippen LogP contribution < -0.4 is 14.2 Å². The Labute approximate surface area is 164 Å². The molecule has 0 spiro atoms. The minimum atomic E-state index is 0.424. The van der Waals surface area contributed by atoms with E-state index in [0.717, 1.165) is 21.4 Å². The summed E-state index contributed by atoms with van der Waals surface area (Å²) in [7, 11) is 3.21. The molecule has 2 heterocycles. The van der Waals surface area contributed by atoms with Crippen LogP contribution in [0.25, 0.3) is 16.9 Å².